The van der Waals surface area contributed by atoms with Gasteiger partial charge in [0.15, 0.2) is 0 Å². The Kier molecular flexibility index (Phi) is 5.34. The number of rotatable bonds is 4. The zero-order valence-corrected chi connectivity index (χ0v) is 12.5. The molecule has 0 spiro atoms. The van der Waals surface area contributed by atoms with Gasteiger partial charge in [-0.05, 0) is 45.4 Å². The Hall–Kier alpha value is -0.930. The normalized spacial score (nSPS) is 25.2. The molecule has 1 N–H and O–H groups in total. The highest BCUT2D eigenvalue weighted by Gasteiger charge is 2.22. The molecule has 0 saturated carbocycles. The molecule has 2 unspecified atom stereocenters. The first-order valence-corrected chi connectivity index (χ1v) is 7.59. The molecule has 1 aliphatic rings. The maximum Gasteiger partial charge on any atom is 0.0547 e. The lowest BCUT2D eigenvalue weighted by Crippen LogP contribution is -2.39. The van der Waals surface area contributed by atoms with Gasteiger partial charge in [0, 0.05) is 30.9 Å². The molecule has 3 heteroatoms. The molecule has 1 aromatic heterocycles. The minimum atomic E-state index is 0.636. The maximum absolute atomic E-state index is 4.64. The first-order valence-electron chi connectivity index (χ1n) is 7.59. The first-order chi connectivity index (χ1) is 9.19. The fourth-order valence-electron chi connectivity index (χ4n) is 2.86. The molecule has 2 heterocycles. The molecule has 1 fully saturated rings. The number of aryl methyl sites for hydroxylation is 1. The molecular formula is C16H27N3. The van der Waals surface area contributed by atoms with Crippen molar-refractivity contribution in [1.82, 2.24) is 15.2 Å². The van der Waals surface area contributed by atoms with Crippen molar-refractivity contribution in [3.05, 3.63) is 29.6 Å². The van der Waals surface area contributed by atoms with Gasteiger partial charge in [-0.25, -0.2) is 0 Å². The number of nitrogens with zero attached hydrogens (tertiary/aromatic N) is 2. The summed E-state index contributed by atoms with van der Waals surface area (Å²) in [6.45, 7) is 9.93. The van der Waals surface area contributed by atoms with Crippen molar-refractivity contribution in [2.45, 2.75) is 58.7 Å². The van der Waals surface area contributed by atoms with E-state index in [-0.39, 0.29) is 0 Å². The smallest absolute Gasteiger partial charge is 0.0547 e. The summed E-state index contributed by atoms with van der Waals surface area (Å²) in [4.78, 5) is 7.23. The Labute approximate surface area is 117 Å². The van der Waals surface area contributed by atoms with Crippen LogP contribution in [0.25, 0.3) is 0 Å². The minimum absolute atomic E-state index is 0.636. The second-order valence-corrected chi connectivity index (χ2v) is 5.78. The average Bonchev–Trinajstić information content (AvgIpc) is 2.53. The summed E-state index contributed by atoms with van der Waals surface area (Å²) in [5, 5.41) is 3.68. The second-order valence-electron chi connectivity index (χ2n) is 5.78. The molecule has 0 radical (unpaired) electrons. The van der Waals surface area contributed by atoms with Crippen LogP contribution in [0.4, 0.5) is 0 Å². The van der Waals surface area contributed by atoms with Gasteiger partial charge in [0.05, 0.1) is 5.69 Å². The third kappa shape index (κ3) is 4.29. The minimum Gasteiger partial charge on any atom is -0.313 e. The van der Waals surface area contributed by atoms with Gasteiger partial charge in [0.2, 0.25) is 0 Å². The Morgan fingerprint density at radius 3 is 3.00 bits per heavy atom. The van der Waals surface area contributed by atoms with E-state index in [4.69, 9.17) is 0 Å². The SMILES string of the molecule is CCCC1CN(Cc2cccc(C)n2)C(C)CCN1. The molecule has 0 bridgehead atoms. The van der Waals surface area contributed by atoms with E-state index in [2.05, 4.69) is 54.2 Å². The molecule has 106 valence electrons. The Bertz CT molecular complexity index is 391. The van der Waals surface area contributed by atoms with Crippen molar-refractivity contribution in [3.63, 3.8) is 0 Å². The Morgan fingerprint density at radius 1 is 1.42 bits per heavy atom. The van der Waals surface area contributed by atoms with Gasteiger partial charge in [-0.15, -0.1) is 0 Å². The highest BCUT2D eigenvalue weighted by atomic mass is 15.2. The Morgan fingerprint density at radius 2 is 2.26 bits per heavy atom. The molecule has 19 heavy (non-hydrogen) atoms. The van der Waals surface area contributed by atoms with Crippen LogP contribution >= 0.6 is 0 Å². The maximum atomic E-state index is 4.64. The van der Waals surface area contributed by atoms with Gasteiger partial charge < -0.3 is 5.32 Å². The van der Waals surface area contributed by atoms with E-state index < -0.39 is 0 Å². The van der Waals surface area contributed by atoms with E-state index in [0.717, 1.165) is 25.3 Å². The zero-order chi connectivity index (χ0) is 13.7. The van der Waals surface area contributed by atoms with Crippen LogP contribution in [0.2, 0.25) is 0 Å². The Balaban J connectivity index is 2.02. The lowest BCUT2D eigenvalue weighted by Gasteiger charge is -2.28. The molecular weight excluding hydrogens is 234 g/mol. The van der Waals surface area contributed by atoms with E-state index in [0.29, 0.717) is 12.1 Å². The summed E-state index contributed by atoms with van der Waals surface area (Å²) in [5.41, 5.74) is 2.31. The number of hydrogen-bond donors (Lipinski definition) is 1. The van der Waals surface area contributed by atoms with Crippen LogP contribution in [0.15, 0.2) is 18.2 Å². The zero-order valence-electron chi connectivity index (χ0n) is 12.5. The monoisotopic (exact) mass is 261 g/mol. The summed E-state index contributed by atoms with van der Waals surface area (Å²) in [7, 11) is 0. The van der Waals surface area contributed by atoms with Gasteiger partial charge >= 0.3 is 0 Å². The van der Waals surface area contributed by atoms with Gasteiger partial charge in [0.25, 0.3) is 0 Å². The van der Waals surface area contributed by atoms with Crippen molar-refractivity contribution in [2.24, 2.45) is 0 Å². The largest absolute Gasteiger partial charge is 0.313 e. The number of nitrogens with one attached hydrogen (secondary N) is 1. The summed E-state index contributed by atoms with van der Waals surface area (Å²) in [6, 6.07) is 7.60. The van der Waals surface area contributed by atoms with Crippen LogP contribution in [0.1, 0.15) is 44.5 Å². The van der Waals surface area contributed by atoms with Gasteiger partial charge in [-0.1, -0.05) is 19.4 Å². The van der Waals surface area contributed by atoms with E-state index >= 15 is 0 Å². The molecule has 0 amide bonds. The molecule has 2 atom stereocenters. The average molecular weight is 261 g/mol. The third-order valence-corrected chi connectivity index (χ3v) is 4.02. The van der Waals surface area contributed by atoms with E-state index in [1.807, 2.05) is 0 Å². The van der Waals surface area contributed by atoms with Crippen LogP contribution in [0, 0.1) is 6.92 Å². The van der Waals surface area contributed by atoms with E-state index in [1.54, 1.807) is 0 Å². The molecule has 1 aromatic rings. The standard InChI is InChI=1S/C16H27N3/c1-4-6-15-11-19(14(3)9-10-17-15)12-16-8-5-7-13(2)18-16/h5,7-8,14-15,17H,4,6,9-12H2,1-3H3. The fraction of sp³-hybridized carbons (Fsp3) is 0.688. The lowest BCUT2D eigenvalue weighted by atomic mass is 10.1. The van der Waals surface area contributed by atoms with Gasteiger partial charge in [-0.3, -0.25) is 9.88 Å². The topological polar surface area (TPSA) is 28.2 Å². The van der Waals surface area contributed by atoms with Crippen LogP contribution < -0.4 is 5.32 Å². The summed E-state index contributed by atoms with van der Waals surface area (Å²) in [5.74, 6) is 0. The summed E-state index contributed by atoms with van der Waals surface area (Å²) < 4.78 is 0. The quantitative estimate of drug-likeness (QED) is 0.903. The van der Waals surface area contributed by atoms with Crippen molar-refractivity contribution in [1.29, 1.82) is 0 Å². The number of aromatic nitrogens is 1. The van der Waals surface area contributed by atoms with E-state index in [1.165, 1.54) is 25.0 Å². The summed E-state index contributed by atoms with van der Waals surface area (Å²) >= 11 is 0. The van der Waals surface area contributed by atoms with Crippen LogP contribution in [-0.2, 0) is 6.54 Å². The predicted octanol–water partition coefficient (Wildman–Crippen LogP) is 2.74. The van der Waals surface area contributed by atoms with E-state index in [9.17, 15) is 0 Å². The van der Waals surface area contributed by atoms with Crippen LogP contribution in [0.5, 0.6) is 0 Å². The van der Waals surface area contributed by atoms with Crippen LogP contribution in [-0.4, -0.2) is 35.1 Å². The van der Waals surface area contributed by atoms with Gasteiger partial charge in [-0.2, -0.15) is 0 Å². The van der Waals surface area contributed by atoms with Gasteiger partial charge in [0.1, 0.15) is 0 Å². The molecule has 0 aliphatic carbocycles. The molecule has 0 aromatic carbocycles. The third-order valence-electron chi connectivity index (χ3n) is 4.02. The molecule has 1 aliphatic heterocycles. The highest BCUT2D eigenvalue weighted by Crippen LogP contribution is 2.15. The fourth-order valence-corrected chi connectivity index (χ4v) is 2.86. The highest BCUT2D eigenvalue weighted by molar-refractivity contribution is 5.10. The predicted molar refractivity (Wildman–Crippen MR) is 80.2 cm³/mol. The number of pyridine rings is 1. The molecule has 2 rings (SSSR count). The van der Waals surface area contributed by atoms with Crippen LogP contribution in [0.3, 0.4) is 0 Å². The molecule has 1 saturated heterocycles. The van der Waals surface area contributed by atoms with Crippen molar-refractivity contribution in [3.8, 4) is 0 Å². The van der Waals surface area contributed by atoms with Crippen molar-refractivity contribution < 1.29 is 0 Å². The second kappa shape index (κ2) is 7.01. The van der Waals surface area contributed by atoms with Crippen molar-refractivity contribution >= 4 is 0 Å². The number of hydrogen-bond acceptors (Lipinski definition) is 3. The van der Waals surface area contributed by atoms with Crippen molar-refractivity contribution in [2.75, 3.05) is 13.1 Å². The lowest BCUT2D eigenvalue weighted by molar-refractivity contribution is 0.191. The summed E-state index contributed by atoms with van der Waals surface area (Å²) in [6.07, 6.45) is 3.75. The molecule has 3 nitrogen and oxygen atoms in total. The first kappa shape index (κ1) is 14.5.